The van der Waals surface area contributed by atoms with Crippen molar-refractivity contribution in [1.29, 1.82) is 0 Å². The molecule has 3 aromatic heterocycles. The molecule has 280 valence electrons. The molecule has 53 heavy (non-hydrogen) atoms. The topological polar surface area (TPSA) is 174 Å². The van der Waals surface area contributed by atoms with Crippen LogP contribution in [0.5, 0.6) is 5.75 Å². The van der Waals surface area contributed by atoms with E-state index in [0.29, 0.717) is 54.2 Å². The van der Waals surface area contributed by atoms with Gasteiger partial charge in [0.15, 0.2) is 11.9 Å². The van der Waals surface area contributed by atoms with Gasteiger partial charge >= 0.3 is 6.03 Å². The number of fused-ring (bicyclic) bond motifs is 2. The quantitative estimate of drug-likeness (QED) is 0.135. The van der Waals surface area contributed by atoms with Gasteiger partial charge in [-0.2, -0.15) is 0 Å². The zero-order chi connectivity index (χ0) is 38.0. The highest BCUT2D eigenvalue weighted by Gasteiger charge is 2.39. The summed E-state index contributed by atoms with van der Waals surface area (Å²) in [5.74, 6) is 0.869. The number of likely N-dealkylation sites (tertiary alicyclic amines) is 1. The number of hydrogen-bond acceptors (Lipinski definition) is 11. The minimum atomic E-state index is -1.52. The van der Waals surface area contributed by atoms with Crippen LogP contribution in [0.3, 0.4) is 0 Å². The SMILES string of the molecule is COCC(C)(C)c1nnc2ccc(O[C@@H]3C=C[C@](C=O)(NC(=O)Nc4cc(C(C)(C)C)nc(C(=O)NCCN5CC(OC)C5)n4)c4ccccc43)cn12. The number of hydrogen-bond donors (Lipinski definition) is 3. The lowest BCUT2D eigenvalue weighted by molar-refractivity contribution is -0.111. The number of carbonyl (C=O) groups is 3. The van der Waals surface area contributed by atoms with E-state index in [1.165, 1.54) is 0 Å². The van der Waals surface area contributed by atoms with Gasteiger partial charge in [-0.3, -0.25) is 24.2 Å². The van der Waals surface area contributed by atoms with E-state index in [0.717, 1.165) is 18.9 Å². The molecule has 4 aromatic rings. The zero-order valence-corrected chi connectivity index (χ0v) is 31.2. The third-order valence-electron chi connectivity index (χ3n) is 9.41. The lowest BCUT2D eigenvalue weighted by Gasteiger charge is -2.38. The fraction of sp³-hybridized carbons (Fsp3) is 0.447. The molecule has 6 rings (SSSR count). The van der Waals surface area contributed by atoms with E-state index in [4.69, 9.17) is 14.2 Å². The number of methoxy groups -OCH3 is 2. The molecule has 1 fully saturated rings. The van der Waals surface area contributed by atoms with Crippen molar-refractivity contribution in [3.05, 3.63) is 89.3 Å². The number of urea groups is 1. The average Bonchev–Trinajstić information content (AvgIpc) is 3.54. The normalized spacial score (nSPS) is 19.0. The fourth-order valence-corrected chi connectivity index (χ4v) is 6.47. The van der Waals surface area contributed by atoms with Crippen molar-refractivity contribution in [3.63, 3.8) is 0 Å². The Morgan fingerprint density at radius 2 is 1.81 bits per heavy atom. The largest absolute Gasteiger partial charge is 0.480 e. The number of amides is 3. The van der Waals surface area contributed by atoms with Crippen molar-refractivity contribution in [3.8, 4) is 5.75 Å². The van der Waals surface area contributed by atoms with Crippen LogP contribution in [-0.4, -0.2) is 101 Å². The highest BCUT2D eigenvalue weighted by atomic mass is 16.5. The van der Waals surface area contributed by atoms with Gasteiger partial charge in [0.1, 0.15) is 29.0 Å². The Balaban J connectivity index is 1.19. The molecule has 0 spiro atoms. The molecule has 4 heterocycles. The molecule has 1 aliphatic carbocycles. The van der Waals surface area contributed by atoms with Crippen LogP contribution in [0.15, 0.2) is 60.8 Å². The maximum absolute atomic E-state index is 13.6. The Hall–Kier alpha value is -5.25. The summed E-state index contributed by atoms with van der Waals surface area (Å²) in [7, 11) is 3.34. The van der Waals surface area contributed by atoms with Crippen LogP contribution in [0.2, 0.25) is 0 Å². The van der Waals surface area contributed by atoms with E-state index >= 15 is 0 Å². The third kappa shape index (κ3) is 8.06. The summed E-state index contributed by atoms with van der Waals surface area (Å²) in [6.07, 6.45) is 5.51. The molecule has 3 amide bonds. The second-order valence-electron chi connectivity index (χ2n) is 15.1. The summed E-state index contributed by atoms with van der Waals surface area (Å²) in [4.78, 5) is 50.7. The molecule has 0 bridgehead atoms. The van der Waals surface area contributed by atoms with E-state index in [9.17, 15) is 14.4 Å². The third-order valence-corrected chi connectivity index (χ3v) is 9.41. The molecule has 2 atom stereocenters. The van der Waals surface area contributed by atoms with Crippen molar-refractivity contribution in [2.75, 3.05) is 52.3 Å². The Bertz CT molecular complexity index is 2020. The maximum Gasteiger partial charge on any atom is 0.321 e. The first-order chi connectivity index (χ1) is 25.2. The van der Waals surface area contributed by atoms with Crippen LogP contribution < -0.4 is 20.7 Å². The predicted molar refractivity (Wildman–Crippen MR) is 197 cm³/mol. The molecule has 1 aromatic carbocycles. The maximum atomic E-state index is 13.6. The van der Waals surface area contributed by atoms with Gasteiger partial charge in [0, 0.05) is 62.9 Å². The van der Waals surface area contributed by atoms with Crippen molar-refractivity contribution in [2.24, 2.45) is 0 Å². The Morgan fingerprint density at radius 3 is 2.53 bits per heavy atom. The standard InChI is InChI=1S/C38H47N9O6/c1-36(2,3)29-18-30(41-32(40-29)33(49)39-16-17-46-19-25(20-46)52-7)42-35(50)43-38(22-48)15-14-28(26-10-8-9-11-27(26)38)53-24-12-13-31-44-45-34(47(31)21-24)37(4,5)23-51-6/h8-15,18,21-22,25,28H,16-17,19-20,23H2,1-7H3,(H,39,49)(H2,40,41,42,43,50)/t28-,38-/m1/s1. The summed E-state index contributed by atoms with van der Waals surface area (Å²) in [6.45, 7) is 13.1. The van der Waals surface area contributed by atoms with Gasteiger partial charge in [-0.1, -0.05) is 58.9 Å². The number of anilines is 1. The number of nitrogens with zero attached hydrogens (tertiary/aromatic N) is 6. The molecule has 2 aliphatic rings. The first-order valence-electron chi connectivity index (χ1n) is 17.5. The minimum absolute atomic E-state index is 0.0712. The summed E-state index contributed by atoms with van der Waals surface area (Å²) in [5.41, 5.74) is 0.0833. The monoisotopic (exact) mass is 725 g/mol. The highest BCUT2D eigenvalue weighted by Crippen LogP contribution is 2.37. The highest BCUT2D eigenvalue weighted by molar-refractivity contribution is 5.94. The van der Waals surface area contributed by atoms with Crippen molar-refractivity contribution >= 4 is 29.7 Å². The first-order valence-corrected chi connectivity index (χ1v) is 17.5. The number of ether oxygens (including phenoxy) is 3. The van der Waals surface area contributed by atoms with Gasteiger partial charge < -0.3 is 24.8 Å². The molecule has 3 N–H and O–H groups in total. The molecule has 1 saturated heterocycles. The minimum Gasteiger partial charge on any atom is -0.480 e. The number of aldehydes is 1. The number of benzene rings is 1. The number of pyridine rings is 1. The van der Waals surface area contributed by atoms with Gasteiger partial charge in [0.25, 0.3) is 5.91 Å². The van der Waals surface area contributed by atoms with Crippen LogP contribution in [0.1, 0.15) is 74.0 Å². The molecule has 0 saturated carbocycles. The van der Waals surface area contributed by atoms with E-state index in [2.05, 4.69) is 41.0 Å². The average molecular weight is 726 g/mol. The van der Waals surface area contributed by atoms with Gasteiger partial charge in [0.2, 0.25) is 5.82 Å². The smallest absolute Gasteiger partial charge is 0.321 e. The first kappa shape index (κ1) is 37.5. The summed E-state index contributed by atoms with van der Waals surface area (Å²) in [5, 5.41) is 17.1. The molecule has 15 heteroatoms. The number of nitrogens with one attached hydrogen (secondary N) is 3. The Labute approximate surface area is 308 Å². The van der Waals surface area contributed by atoms with Crippen LogP contribution in [0.4, 0.5) is 10.6 Å². The second kappa shape index (κ2) is 15.0. The van der Waals surface area contributed by atoms with Crippen LogP contribution in [0.25, 0.3) is 5.65 Å². The van der Waals surface area contributed by atoms with Gasteiger partial charge in [0.05, 0.1) is 24.6 Å². The lowest BCUT2D eigenvalue weighted by Crippen LogP contribution is -2.53. The van der Waals surface area contributed by atoms with Gasteiger partial charge in [-0.05, 0) is 29.8 Å². The van der Waals surface area contributed by atoms with E-state index in [-0.39, 0.29) is 17.7 Å². The van der Waals surface area contributed by atoms with E-state index < -0.39 is 34.4 Å². The summed E-state index contributed by atoms with van der Waals surface area (Å²) >= 11 is 0. The van der Waals surface area contributed by atoms with E-state index in [1.54, 1.807) is 44.6 Å². The van der Waals surface area contributed by atoms with Crippen molar-refractivity contribution < 1.29 is 28.6 Å². The van der Waals surface area contributed by atoms with Gasteiger partial charge in [-0.25, -0.2) is 14.8 Å². The van der Waals surface area contributed by atoms with Gasteiger partial charge in [-0.15, -0.1) is 10.2 Å². The molecular weight excluding hydrogens is 678 g/mol. The molecule has 0 radical (unpaired) electrons. The second-order valence-corrected chi connectivity index (χ2v) is 15.1. The number of carbonyl (C=O) groups excluding carboxylic acids is 3. The van der Waals surface area contributed by atoms with Crippen molar-refractivity contribution in [1.82, 2.24) is 40.1 Å². The Kier molecular flexibility index (Phi) is 10.6. The van der Waals surface area contributed by atoms with Crippen LogP contribution in [-0.2, 0) is 30.6 Å². The Morgan fingerprint density at radius 1 is 1.04 bits per heavy atom. The molecule has 0 unspecified atom stereocenters. The predicted octanol–water partition coefficient (Wildman–Crippen LogP) is 3.71. The lowest BCUT2D eigenvalue weighted by atomic mass is 9.81. The summed E-state index contributed by atoms with van der Waals surface area (Å²) in [6, 6.07) is 11.8. The zero-order valence-electron chi connectivity index (χ0n) is 31.2. The molecule has 15 nitrogen and oxygen atoms in total. The molecular formula is C38H47N9O6. The molecule has 1 aliphatic heterocycles. The summed E-state index contributed by atoms with van der Waals surface area (Å²) < 4.78 is 19.1. The number of aromatic nitrogens is 5. The fourth-order valence-electron chi connectivity index (χ4n) is 6.47. The number of rotatable bonds is 13. The van der Waals surface area contributed by atoms with Crippen LogP contribution >= 0.6 is 0 Å². The van der Waals surface area contributed by atoms with Crippen molar-refractivity contribution in [2.45, 2.75) is 63.2 Å². The van der Waals surface area contributed by atoms with E-state index in [1.807, 2.05) is 69.5 Å². The van der Waals surface area contributed by atoms with Crippen LogP contribution in [0, 0.1) is 0 Å².